The summed E-state index contributed by atoms with van der Waals surface area (Å²) in [6.07, 6.45) is 5.91. The lowest BCUT2D eigenvalue weighted by Crippen LogP contribution is -2.14. The van der Waals surface area contributed by atoms with E-state index in [1.165, 1.54) is 29.6 Å². The first-order valence-corrected chi connectivity index (χ1v) is 11.3. The lowest BCUT2D eigenvalue weighted by Gasteiger charge is -2.25. The van der Waals surface area contributed by atoms with Gasteiger partial charge in [-0.15, -0.1) is 20.4 Å². The first kappa shape index (κ1) is 20.5. The highest BCUT2D eigenvalue weighted by molar-refractivity contribution is 7.15. The van der Waals surface area contributed by atoms with Crippen molar-refractivity contribution >= 4 is 44.8 Å². The molecule has 9 nitrogen and oxygen atoms in total. The largest absolute Gasteiger partial charge is 0.301 e. The number of pyridine rings is 1. The van der Waals surface area contributed by atoms with Crippen molar-refractivity contribution in [2.24, 2.45) is 0 Å². The highest BCUT2D eigenvalue weighted by Gasteiger charge is 2.29. The second-order valence-corrected chi connectivity index (χ2v) is 9.20. The lowest BCUT2D eigenvalue weighted by molar-refractivity contribution is -0.116. The second-order valence-electron chi connectivity index (χ2n) is 7.18. The first-order valence-electron chi connectivity index (χ1n) is 9.71. The molecule has 11 heteroatoms. The molecular formula is C19H21N7O2S2. The van der Waals surface area contributed by atoms with E-state index in [-0.39, 0.29) is 30.1 Å². The number of carbonyl (C=O) groups is 2. The van der Waals surface area contributed by atoms with Gasteiger partial charge in [-0.05, 0) is 31.4 Å². The van der Waals surface area contributed by atoms with Crippen LogP contribution >= 0.6 is 22.7 Å². The lowest BCUT2D eigenvalue weighted by atomic mass is 9.82. The molecule has 4 rings (SSSR count). The van der Waals surface area contributed by atoms with Crippen molar-refractivity contribution in [2.75, 3.05) is 10.6 Å². The molecule has 3 aromatic heterocycles. The maximum atomic E-state index is 12.2. The second kappa shape index (κ2) is 9.35. The third kappa shape index (κ3) is 5.22. The van der Waals surface area contributed by atoms with Gasteiger partial charge in [-0.2, -0.15) is 0 Å². The van der Waals surface area contributed by atoms with Crippen molar-refractivity contribution in [1.82, 2.24) is 25.4 Å². The molecule has 0 radical (unpaired) electrons. The molecule has 3 aromatic rings. The van der Waals surface area contributed by atoms with Gasteiger partial charge >= 0.3 is 0 Å². The average Bonchev–Trinajstić information content (AvgIpc) is 3.38. The summed E-state index contributed by atoms with van der Waals surface area (Å²) in [5.74, 6) is 0.258. The van der Waals surface area contributed by atoms with E-state index in [1.54, 1.807) is 6.20 Å². The quantitative estimate of drug-likeness (QED) is 0.599. The van der Waals surface area contributed by atoms with Gasteiger partial charge in [-0.25, -0.2) is 0 Å². The minimum absolute atomic E-state index is 0.147. The highest BCUT2D eigenvalue weighted by atomic mass is 32.1. The van der Waals surface area contributed by atoms with Crippen LogP contribution in [0.4, 0.5) is 10.3 Å². The summed E-state index contributed by atoms with van der Waals surface area (Å²) in [4.78, 5) is 27.6. The minimum atomic E-state index is -0.155. The Morgan fingerprint density at radius 1 is 1.00 bits per heavy atom. The van der Waals surface area contributed by atoms with Crippen LogP contribution in [0.5, 0.6) is 0 Å². The van der Waals surface area contributed by atoms with Gasteiger partial charge < -0.3 is 10.6 Å². The van der Waals surface area contributed by atoms with E-state index in [4.69, 9.17) is 0 Å². The maximum Gasteiger partial charge on any atom is 0.232 e. The van der Waals surface area contributed by atoms with Crippen LogP contribution in [-0.4, -0.2) is 37.2 Å². The van der Waals surface area contributed by atoms with E-state index in [1.807, 2.05) is 18.2 Å². The van der Waals surface area contributed by atoms with Crippen LogP contribution in [0.2, 0.25) is 0 Å². The topological polar surface area (TPSA) is 123 Å². The fourth-order valence-electron chi connectivity index (χ4n) is 3.52. The average molecular weight is 444 g/mol. The number of rotatable bonds is 6. The predicted molar refractivity (Wildman–Crippen MR) is 115 cm³/mol. The molecule has 1 aliphatic rings. The van der Waals surface area contributed by atoms with Gasteiger partial charge in [0.15, 0.2) is 0 Å². The number of amides is 2. The Labute approximate surface area is 181 Å². The third-order valence-electron chi connectivity index (χ3n) is 4.85. The van der Waals surface area contributed by atoms with Gasteiger partial charge in [-0.3, -0.25) is 14.6 Å². The fourth-order valence-corrected chi connectivity index (χ4v) is 5.36. The zero-order valence-corrected chi connectivity index (χ0v) is 18.0. The molecule has 1 aliphatic carbocycles. The molecule has 156 valence electrons. The summed E-state index contributed by atoms with van der Waals surface area (Å²) in [5, 5.41) is 25.2. The summed E-state index contributed by atoms with van der Waals surface area (Å²) in [6.45, 7) is 1.46. The van der Waals surface area contributed by atoms with E-state index in [9.17, 15) is 9.59 Å². The molecule has 0 spiro atoms. The highest BCUT2D eigenvalue weighted by Crippen LogP contribution is 2.43. The van der Waals surface area contributed by atoms with Gasteiger partial charge in [-0.1, -0.05) is 35.2 Å². The summed E-state index contributed by atoms with van der Waals surface area (Å²) < 4.78 is 0. The van der Waals surface area contributed by atoms with Crippen molar-refractivity contribution in [2.45, 2.75) is 50.9 Å². The molecule has 30 heavy (non-hydrogen) atoms. The van der Waals surface area contributed by atoms with Gasteiger partial charge in [0, 0.05) is 30.7 Å². The monoisotopic (exact) mass is 443 g/mol. The number of aromatic nitrogens is 5. The smallest absolute Gasteiger partial charge is 0.232 e. The number of carbonyl (C=O) groups excluding carboxylic acids is 2. The molecular weight excluding hydrogens is 422 g/mol. The molecule has 0 unspecified atom stereocenters. The van der Waals surface area contributed by atoms with E-state index in [2.05, 4.69) is 36.0 Å². The Hall–Kier alpha value is -2.79. The first-order chi connectivity index (χ1) is 14.6. The molecule has 0 aliphatic heterocycles. The molecule has 0 aromatic carbocycles. The van der Waals surface area contributed by atoms with Crippen molar-refractivity contribution in [3.8, 4) is 0 Å². The Kier molecular flexibility index (Phi) is 6.38. The number of hydrogen-bond acceptors (Lipinski definition) is 9. The van der Waals surface area contributed by atoms with E-state index >= 15 is 0 Å². The third-order valence-corrected chi connectivity index (χ3v) is 6.85. The maximum absolute atomic E-state index is 12.2. The Morgan fingerprint density at radius 2 is 1.67 bits per heavy atom. The summed E-state index contributed by atoms with van der Waals surface area (Å²) in [5.41, 5.74) is 0.713. The Bertz CT molecular complexity index is 1020. The molecule has 1 saturated carbocycles. The van der Waals surface area contributed by atoms with Crippen LogP contribution in [0.1, 0.15) is 60.2 Å². The molecule has 3 heterocycles. The van der Waals surface area contributed by atoms with Crippen LogP contribution in [0.3, 0.4) is 0 Å². The summed E-state index contributed by atoms with van der Waals surface area (Å²) in [7, 11) is 0. The predicted octanol–water partition coefficient (Wildman–Crippen LogP) is 3.37. The van der Waals surface area contributed by atoms with Crippen LogP contribution < -0.4 is 10.6 Å². The van der Waals surface area contributed by atoms with Gasteiger partial charge in [0.2, 0.25) is 22.1 Å². The summed E-state index contributed by atoms with van der Waals surface area (Å²) >= 11 is 2.85. The number of nitrogens with one attached hydrogen (secondary N) is 2. The Balaban J connectivity index is 1.36. The summed E-state index contributed by atoms with van der Waals surface area (Å²) in [6, 6.07) is 5.49. The van der Waals surface area contributed by atoms with Gasteiger partial charge in [0.1, 0.15) is 10.0 Å². The van der Waals surface area contributed by atoms with E-state index in [0.717, 1.165) is 35.7 Å². The standard InChI is InChI=1S/C19H21N7O2S2/c1-11(27)21-18-25-23-16(29-18)12-5-4-6-13(9-12)17-24-26-19(30-17)22-15(28)10-14-7-2-3-8-20-14/h2-3,7-8,12-13H,4-6,9-10H2,1H3,(H,21,25,27)(H,22,26,28)/t12-,13-/m1/s1. The minimum Gasteiger partial charge on any atom is -0.301 e. The fraction of sp³-hybridized carbons (Fsp3) is 0.421. The van der Waals surface area contributed by atoms with Crippen molar-refractivity contribution < 1.29 is 9.59 Å². The zero-order chi connectivity index (χ0) is 20.9. The molecule has 0 bridgehead atoms. The van der Waals surface area contributed by atoms with Crippen molar-refractivity contribution in [3.63, 3.8) is 0 Å². The number of nitrogens with zero attached hydrogens (tertiary/aromatic N) is 5. The van der Waals surface area contributed by atoms with Crippen LogP contribution in [0.15, 0.2) is 24.4 Å². The number of hydrogen-bond donors (Lipinski definition) is 2. The number of anilines is 2. The van der Waals surface area contributed by atoms with Crippen LogP contribution in [-0.2, 0) is 16.0 Å². The molecule has 0 saturated heterocycles. The van der Waals surface area contributed by atoms with E-state index in [0.29, 0.717) is 16.0 Å². The van der Waals surface area contributed by atoms with Crippen LogP contribution in [0, 0.1) is 0 Å². The van der Waals surface area contributed by atoms with Crippen LogP contribution in [0.25, 0.3) is 0 Å². The van der Waals surface area contributed by atoms with Crippen molar-refractivity contribution in [1.29, 1.82) is 0 Å². The molecule has 1 fully saturated rings. The molecule has 2 N–H and O–H groups in total. The normalized spacial score (nSPS) is 18.7. The Morgan fingerprint density at radius 3 is 2.27 bits per heavy atom. The SMILES string of the molecule is CC(=O)Nc1nnc([C@@H]2CCC[C@@H](c3nnc(NC(=O)Cc4ccccn4)s3)C2)s1. The van der Waals surface area contributed by atoms with E-state index < -0.39 is 0 Å². The molecule has 2 amide bonds. The van der Waals surface area contributed by atoms with Gasteiger partial charge in [0.05, 0.1) is 6.42 Å². The van der Waals surface area contributed by atoms with Gasteiger partial charge in [0.25, 0.3) is 0 Å². The van der Waals surface area contributed by atoms with Crippen molar-refractivity contribution in [3.05, 3.63) is 40.1 Å². The zero-order valence-electron chi connectivity index (χ0n) is 16.4. The molecule has 2 atom stereocenters.